The van der Waals surface area contributed by atoms with E-state index in [2.05, 4.69) is 15.4 Å². The van der Waals surface area contributed by atoms with Gasteiger partial charge in [0.2, 0.25) is 5.91 Å². The predicted molar refractivity (Wildman–Crippen MR) is 84.4 cm³/mol. The Morgan fingerprint density at radius 3 is 2.70 bits per heavy atom. The number of rotatable bonds is 4. The van der Waals surface area contributed by atoms with Crippen LogP contribution >= 0.6 is 0 Å². The van der Waals surface area contributed by atoms with E-state index >= 15 is 0 Å². The van der Waals surface area contributed by atoms with Gasteiger partial charge in [0.25, 0.3) is 0 Å². The van der Waals surface area contributed by atoms with Crippen molar-refractivity contribution in [2.24, 2.45) is 5.92 Å². The number of nitrogens with zero attached hydrogens (tertiary/aromatic N) is 3. The van der Waals surface area contributed by atoms with Crippen LogP contribution < -0.4 is 5.32 Å². The SMILES string of the molecule is C[C@H](NC(=O)C1CCCCC1)c1ccc(-n2cc(F)cn2)nc1. The van der Waals surface area contributed by atoms with Gasteiger partial charge in [0.05, 0.1) is 18.4 Å². The quantitative estimate of drug-likeness (QED) is 0.942. The van der Waals surface area contributed by atoms with Crippen LogP contribution in [0.15, 0.2) is 30.7 Å². The number of amides is 1. The third kappa shape index (κ3) is 3.75. The van der Waals surface area contributed by atoms with Crippen LogP contribution in [0.5, 0.6) is 0 Å². The number of carbonyl (C=O) groups is 1. The van der Waals surface area contributed by atoms with Gasteiger partial charge in [0, 0.05) is 12.1 Å². The first-order chi connectivity index (χ1) is 11.1. The molecule has 1 fully saturated rings. The van der Waals surface area contributed by atoms with Gasteiger partial charge in [-0.1, -0.05) is 25.3 Å². The summed E-state index contributed by atoms with van der Waals surface area (Å²) in [5.74, 6) is 0.424. The Bertz CT molecular complexity index is 661. The number of hydrogen-bond donors (Lipinski definition) is 1. The Hall–Kier alpha value is -2.24. The van der Waals surface area contributed by atoms with E-state index in [9.17, 15) is 9.18 Å². The van der Waals surface area contributed by atoms with Crippen molar-refractivity contribution in [1.29, 1.82) is 0 Å². The Labute approximate surface area is 134 Å². The topological polar surface area (TPSA) is 59.8 Å². The molecule has 0 saturated heterocycles. The van der Waals surface area contributed by atoms with Crippen molar-refractivity contribution in [2.75, 3.05) is 0 Å². The summed E-state index contributed by atoms with van der Waals surface area (Å²) < 4.78 is 14.4. The Kier molecular flexibility index (Phi) is 4.69. The number of aromatic nitrogens is 3. The highest BCUT2D eigenvalue weighted by molar-refractivity contribution is 5.79. The molecule has 1 atom stereocenters. The fourth-order valence-electron chi connectivity index (χ4n) is 2.99. The lowest BCUT2D eigenvalue weighted by atomic mass is 9.88. The average Bonchev–Trinajstić information content (AvgIpc) is 3.02. The van der Waals surface area contributed by atoms with E-state index < -0.39 is 5.82 Å². The van der Waals surface area contributed by atoms with Gasteiger partial charge >= 0.3 is 0 Å². The molecule has 0 radical (unpaired) electrons. The minimum atomic E-state index is -0.399. The molecule has 6 heteroatoms. The second-order valence-electron chi connectivity index (χ2n) is 6.12. The van der Waals surface area contributed by atoms with Crippen LogP contribution in [0.3, 0.4) is 0 Å². The van der Waals surface area contributed by atoms with Crippen LogP contribution in [0.4, 0.5) is 4.39 Å². The van der Waals surface area contributed by atoms with Crippen molar-refractivity contribution in [3.8, 4) is 5.82 Å². The zero-order chi connectivity index (χ0) is 16.2. The molecule has 23 heavy (non-hydrogen) atoms. The molecule has 1 N–H and O–H groups in total. The van der Waals surface area contributed by atoms with Crippen LogP contribution in [0.1, 0.15) is 50.6 Å². The Morgan fingerprint density at radius 1 is 1.30 bits per heavy atom. The van der Waals surface area contributed by atoms with Crippen molar-refractivity contribution < 1.29 is 9.18 Å². The van der Waals surface area contributed by atoms with E-state index in [0.29, 0.717) is 5.82 Å². The first-order valence-corrected chi connectivity index (χ1v) is 8.10. The van der Waals surface area contributed by atoms with Crippen LogP contribution in [0, 0.1) is 11.7 Å². The summed E-state index contributed by atoms with van der Waals surface area (Å²) in [6.45, 7) is 1.95. The molecule has 1 saturated carbocycles. The van der Waals surface area contributed by atoms with Crippen molar-refractivity contribution >= 4 is 5.91 Å². The highest BCUT2D eigenvalue weighted by Crippen LogP contribution is 2.24. The van der Waals surface area contributed by atoms with Gasteiger partial charge in [0.15, 0.2) is 11.6 Å². The van der Waals surface area contributed by atoms with Gasteiger partial charge in [-0.15, -0.1) is 0 Å². The first kappa shape index (κ1) is 15.6. The van der Waals surface area contributed by atoms with Gasteiger partial charge in [0.1, 0.15) is 0 Å². The molecule has 0 unspecified atom stereocenters. The molecule has 2 aromatic heterocycles. The molecule has 0 aliphatic heterocycles. The van der Waals surface area contributed by atoms with Crippen molar-refractivity contribution in [3.63, 3.8) is 0 Å². The molecule has 122 valence electrons. The molecular formula is C17H21FN4O. The highest BCUT2D eigenvalue weighted by Gasteiger charge is 2.22. The number of halogens is 1. The van der Waals surface area contributed by atoms with Crippen LogP contribution in [0.25, 0.3) is 5.82 Å². The normalized spacial score (nSPS) is 17.0. The second kappa shape index (κ2) is 6.89. The van der Waals surface area contributed by atoms with Crippen LogP contribution in [0.2, 0.25) is 0 Å². The summed E-state index contributed by atoms with van der Waals surface area (Å²) in [6, 6.07) is 3.55. The summed E-state index contributed by atoms with van der Waals surface area (Å²) in [6.07, 6.45) is 9.60. The maximum absolute atomic E-state index is 13.0. The second-order valence-corrected chi connectivity index (χ2v) is 6.12. The van der Waals surface area contributed by atoms with E-state index in [1.54, 1.807) is 12.3 Å². The maximum Gasteiger partial charge on any atom is 0.223 e. The lowest BCUT2D eigenvalue weighted by Gasteiger charge is -2.23. The van der Waals surface area contributed by atoms with E-state index in [0.717, 1.165) is 37.4 Å². The molecule has 2 aromatic rings. The molecule has 1 aliphatic carbocycles. The molecule has 0 spiro atoms. The van der Waals surface area contributed by atoms with Crippen molar-refractivity contribution in [3.05, 3.63) is 42.1 Å². The van der Waals surface area contributed by atoms with Gasteiger partial charge in [-0.05, 0) is 31.4 Å². The summed E-state index contributed by atoms with van der Waals surface area (Å²) in [4.78, 5) is 16.6. The lowest BCUT2D eigenvalue weighted by molar-refractivity contribution is -0.126. The molecule has 1 aliphatic rings. The molecule has 0 aromatic carbocycles. The zero-order valence-corrected chi connectivity index (χ0v) is 13.2. The predicted octanol–water partition coefficient (Wildman–Crippen LogP) is 3.16. The fraction of sp³-hybridized carbons (Fsp3) is 0.471. The fourth-order valence-corrected chi connectivity index (χ4v) is 2.99. The summed E-state index contributed by atoms with van der Waals surface area (Å²) in [5, 5.41) is 6.95. The number of nitrogens with one attached hydrogen (secondary N) is 1. The summed E-state index contributed by atoms with van der Waals surface area (Å²) >= 11 is 0. The molecule has 2 heterocycles. The number of pyridine rings is 1. The minimum Gasteiger partial charge on any atom is -0.349 e. The summed E-state index contributed by atoms with van der Waals surface area (Å²) in [5.41, 5.74) is 0.922. The zero-order valence-electron chi connectivity index (χ0n) is 13.2. The third-order valence-electron chi connectivity index (χ3n) is 4.39. The maximum atomic E-state index is 13.0. The lowest BCUT2D eigenvalue weighted by Crippen LogP contribution is -2.33. The average molecular weight is 316 g/mol. The molecule has 5 nitrogen and oxygen atoms in total. The monoisotopic (exact) mass is 316 g/mol. The van der Waals surface area contributed by atoms with E-state index in [1.165, 1.54) is 17.3 Å². The number of hydrogen-bond acceptors (Lipinski definition) is 3. The Balaban J connectivity index is 1.63. The third-order valence-corrected chi connectivity index (χ3v) is 4.39. The minimum absolute atomic E-state index is 0.0969. The van der Waals surface area contributed by atoms with Gasteiger partial charge in [-0.2, -0.15) is 5.10 Å². The molecule has 0 bridgehead atoms. The van der Waals surface area contributed by atoms with Gasteiger partial charge in [-0.3, -0.25) is 4.79 Å². The van der Waals surface area contributed by atoms with E-state index in [4.69, 9.17) is 0 Å². The van der Waals surface area contributed by atoms with E-state index in [-0.39, 0.29) is 17.9 Å². The standard InChI is InChI=1S/C17H21FN4O/c1-12(21-17(23)13-5-3-2-4-6-13)14-7-8-16(19-9-14)22-11-15(18)10-20-22/h7-13H,2-6H2,1H3,(H,21,23)/t12-/m0/s1. The van der Waals surface area contributed by atoms with Crippen molar-refractivity contribution in [2.45, 2.75) is 45.1 Å². The Morgan fingerprint density at radius 2 is 2.09 bits per heavy atom. The molecule has 3 rings (SSSR count). The van der Waals surface area contributed by atoms with Gasteiger partial charge in [-0.25, -0.2) is 14.1 Å². The first-order valence-electron chi connectivity index (χ1n) is 8.10. The largest absolute Gasteiger partial charge is 0.349 e. The smallest absolute Gasteiger partial charge is 0.223 e. The molecular weight excluding hydrogens is 295 g/mol. The van der Waals surface area contributed by atoms with E-state index in [1.807, 2.05) is 13.0 Å². The summed E-state index contributed by atoms with van der Waals surface area (Å²) in [7, 11) is 0. The molecule has 1 amide bonds. The van der Waals surface area contributed by atoms with Crippen LogP contribution in [-0.4, -0.2) is 20.7 Å². The highest BCUT2D eigenvalue weighted by atomic mass is 19.1. The number of carbonyl (C=O) groups excluding carboxylic acids is 1. The van der Waals surface area contributed by atoms with Crippen LogP contribution in [-0.2, 0) is 4.79 Å². The van der Waals surface area contributed by atoms with Crippen molar-refractivity contribution in [1.82, 2.24) is 20.1 Å². The van der Waals surface area contributed by atoms with Gasteiger partial charge < -0.3 is 5.32 Å².